The summed E-state index contributed by atoms with van der Waals surface area (Å²) < 4.78 is 13.3. The van der Waals surface area contributed by atoms with Gasteiger partial charge in [0, 0.05) is 41.1 Å². The van der Waals surface area contributed by atoms with Gasteiger partial charge in [0.2, 0.25) is 0 Å². The van der Waals surface area contributed by atoms with Crippen molar-refractivity contribution in [3.05, 3.63) is 87.8 Å². The monoisotopic (exact) mass is 500 g/mol. The van der Waals surface area contributed by atoms with E-state index in [2.05, 4.69) is 22.9 Å². The van der Waals surface area contributed by atoms with E-state index in [9.17, 15) is 14.7 Å². The molecule has 1 fully saturated rings. The van der Waals surface area contributed by atoms with E-state index < -0.39 is 17.7 Å². The van der Waals surface area contributed by atoms with Crippen LogP contribution in [0.5, 0.6) is 11.5 Å². The van der Waals surface area contributed by atoms with E-state index in [1.807, 2.05) is 36.7 Å². The first-order valence-corrected chi connectivity index (χ1v) is 12.7. The van der Waals surface area contributed by atoms with Gasteiger partial charge in [-0.15, -0.1) is 11.3 Å². The number of rotatable bonds is 5. The van der Waals surface area contributed by atoms with Crippen molar-refractivity contribution >= 4 is 39.7 Å². The summed E-state index contributed by atoms with van der Waals surface area (Å²) in [6, 6.07) is 16.3. The average molecular weight is 501 g/mol. The van der Waals surface area contributed by atoms with E-state index in [0.29, 0.717) is 43.2 Å². The third kappa shape index (κ3) is 3.65. The molecular formula is C28H24N2O5S. The topological polar surface area (TPSA) is 81.0 Å². The van der Waals surface area contributed by atoms with E-state index in [-0.39, 0.29) is 11.3 Å². The number of ether oxygens (including phenoxy) is 2. The number of Topliss-reactive ketones (excluding diaryl/α,β-unsaturated/α-hetero) is 1. The number of nitrogens with zero attached hydrogens (tertiary/aromatic N) is 2. The zero-order valence-electron chi connectivity index (χ0n) is 19.6. The number of para-hydroxylation sites is 1. The third-order valence-corrected chi connectivity index (χ3v) is 7.69. The van der Waals surface area contributed by atoms with Crippen molar-refractivity contribution < 1.29 is 24.2 Å². The Labute approximate surface area is 211 Å². The van der Waals surface area contributed by atoms with Crippen LogP contribution in [0.1, 0.15) is 22.0 Å². The van der Waals surface area contributed by atoms with E-state index in [0.717, 1.165) is 21.3 Å². The predicted molar refractivity (Wildman–Crippen MR) is 137 cm³/mol. The number of carbonyl (C=O) groups excluding carboxylic acids is 2. The van der Waals surface area contributed by atoms with Crippen molar-refractivity contribution in [3.63, 3.8) is 0 Å². The molecule has 1 N–H and O–H groups in total. The molecule has 1 saturated heterocycles. The van der Waals surface area contributed by atoms with Crippen LogP contribution in [0.3, 0.4) is 0 Å². The molecule has 182 valence electrons. The molecule has 4 aromatic rings. The fourth-order valence-electron chi connectivity index (χ4n) is 5.07. The van der Waals surface area contributed by atoms with Gasteiger partial charge < -0.3 is 24.0 Å². The highest BCUT2D eigenvalue weighted by Crippen LogP contribution is 2.42. The number of amides is 1. The number of aromatic nitrogens is 1. The van der Waals surface area contributed by atoms with Crippen molar-refractivity contribution in [3.8, 4) is 11.5 Å². The number of hydrogen-bond donors (Lipinski definition) is 1. The molecule has 2 aromatic heterocycles. The van der Waals surface area contributed by atoms with E-state index in [1.54, 1.807) is 23.1 Å². The lowest BCUT2D eigenvalue weighted by Gasteiger charge is -2.24. The molecule has 1 unspecified atom stereocenters. The molecule has 2 aromatic carbocycles. The van der Waals surface area contributed by atoms with Crippen LogP contribution in [0.25, 0.3) is 16.7 Å². The minimum atomic E-state index is -0.682. The van der Waals surface area contributed by atoms with Gasteiger partial charge in [-0.2, -0.15) is 0 Å². The fraction of sp³-hybridized carbons (Fsp3) is 0.214. The normalized spacial score (nSPS) is 18.8. The Balaban J connectivity index is 1.38. The highest BCUT2D eigenvalue weighted by atomic mass is 32.1. The fourth-order valence-corrected chi connectivity index (χ4v) is 5.91. The number of aliphatic hydroxyl groups is 1. The van der Waals surface area contributed by atoms with Gasteiger partial charge in [-0.05, 0) is 47.7 Å². The Hall–Kier alpha value is -4.04. The maximum atomic E-state index is 13.3. The molecule has 0 spiro atoms. The van der Waals surface area contributed by atoms with Gasteiger partial charge >= 0.3 is 0 Å². The minimum absolute atomic E-state index is 0.0945. The molecule has 36 heavy (non-hydrogen) atoms. The van der Waals surface area contributed by atoms with Crippen molar-refractivity contribution in [2.45, 2.75) is 12.5 Å². The van der Waals surface area contributed by atoms with Gasteiger partial charge in [0.15, 0.2) is 11.5 Å². The highest BCUT2D eigenvalue weighted by molar-refractivity contribution is 7.10. The summed E-state index contributed by atoms with van der Waals surface area (Å²) in [5, 5.41) is 14.3. The number of likely N-dealkylation sites (tertiary alicyclic amines) is 1. The summed E-state index contributed by atoms with van der Waals surface area (Å²) in [5.41, 5.74) is 2.72. The van der Waals surface area contributed by atoms with Gasteiger partial charge in [0.1, 0.15) is 19.0 Å². The third-order valence-electron chi connectivity index (χ3n) is 6.77. The first-order valence-electron chi connectivity index (χ1n) is 11.8. The molecule has 2 aliphatic heterocycles. The standard InChI is InChI=1S/C28H24N2O5S/c1-29-16-18(19-5-2-3-6-20(19)29)10-11-30-25(23-7-4-14-36-23)24(27(32)28(30)33)26(31)17-8-9-21-22(15-17)35-13-12-34-21/h2-9,14-16,25,31H,10-13H2,1H3/b26-24-. The number of benzene rings is 2. The zero-order chi connectivity index (χ0) is 24.8. The second-order valence-electron chi connectivity index (χ2n) is 8.90. The van der Waals surface area contributed by atoms with Gasteiger partial charge in [0.05, 0.1) is 11.6 Å². The van der Waals surface area contributed by atoms with Crippen LogP contribution in [-0.2, 0) is 23.1 Å². The summed E-state index contributed by atoms with van der Waals surface area (Å²) in [6.45, 7) is 1.21. The molecule has 0 radical (unpaired) electrons. The van der Waals surface area contributed by atoms with Crippen LogP contribution in [0.4, 0.5) is 0 Å². The summed E-state index contributed by atoms with van der Waals surface area (Å²) in [5.74, 6) is -0.408. The Morgan fingerprint density at radius 1 is 1.06 bits per heavy atom. The maximum Gasteiger partial charge on any atom is 0.295 e. The van der Waals surface area contributed by atoms with Crippen molar-refractivity contribution in [1.82, 2.24) is 9.47 Å². The Morgan fingerprint density at radius 3 is 2.67 bits per heavy atom. The van der Waals surface area contributed by atoms with Crippen LogP contribution >= 0.6 is 11.3 Å². The lowest BCUT2D eigenvalue weighted by molar-refractivity contribution is -0.139. The number of hydrogen-bond acceptors (Lipinski definition) is 6. The van der Waals surface area contributed by atoms with Crippen LogP contribution in [0.2, 0.25) is 0 Å². The van der Waals surface area contributed by atoms with Crippen LogP contribution in [0, 0.1) is 0 Å². The molecule has 1 atom stereocenters. The zero-order valence-corrected chi connectivity index (χ0v) is 20.5. The SMILES string of the molecule is Cn1cc(CCN2C(=O)C(=O)/C(=C(\O)c3ccc4c(c3)OCCO4)C2c2cccs2)c2ccccc21. The largest absolute Gasteiger partial charge is 0.507 e. The molecule has 8 heteroatoms. The van der Waals surface area contributed by atoms with E-state index in [1.165, 1.54) is 11.3 Å². The minimum Gasteiger partial charge on any atom is -0.507 e. The summed E-state index contributed by atoms with van der Waals surface area (Å²) in [4.78, 5) is 29.0. The summed E-state index contributed by atoms with van der Waals surface area (Å²) in [7, 11) is 2.00. The number of carbonyl (C=O) groups is 2. The van der Waals surface area contributed by atoms with Crippen LogP contribution < -0.4 is 9.47 Å². The number of aryl methyl sites for hydroxylation is 1. The number of thiophene rings is 1. The molecule has 6 rings (SSSR count). The van der Waals surface area contributed by atoms with Gasteiger partial charge in [-0.1, -0.05) is 24.3 Å². The Bertz CT molecular complexity index is 1520. The number of fused-ring (bicyclic) bond motifs is 2. The number of ketones is 1. The molecule has 0 aliphatic carbocycles. The van der Waals surface area contributed by atoms with Crippen LogP contribution in [-0.4, -0.2) is 46.0 Å². The van der Waals surface area contributed by atoms with Gasteiger partial charge in [0.25, 0.3) is 11.7 Å². The molecule has 7 nitrogen and oxygen atoms in total. The maximum absolute atomic E-state index is 13.3. The van der Waals surface area contributed by atoms with Gasteiger partial charge in [-0.3, -0.25) is 9.59 Å². The second-order valence-corrected chi connectivity index (χ2v) is 9.88. The molecule has 1 amide bonds. The highest BCUT2D eigenvalue weighted by Gasteiger charge is 2.46. The molecule has 4 heterocycles. The molecular weight excluding hydrogens is 476 g/mol. The second kappa shape index (κ2) is 8.87. The summed E-state index contributed by atoms with van der Waals surface area (Å²) in [6.07, 6.45) is 2.65. The average Bonchev–Trinajstić information content (AvgIpc) is 3.61. The smallest absolute Gasteiger partial charge is 0.295 e. The Morgan fingerprint density at radius 2 is 1.86 bits per heavy atom. The number of aliphatic hydroxyl groups excluding tert-OH is 1. The summed E-state index contributed by atoms with van der Waals surface area (Å²) >= 11 is 1.46. The van der Waals surface area contributed by atoms with Gasteiger partial charge in [-0.25, -0.2) is 0 Å². The van der Waals surface area contributed by atoms with Crippen molar-refractivity contribution in [2.75, 3.05) is 19.8 Å². The van der Waals surface area contributed by atoms with Crippen LogP contribution in [0.15, 0.2) is 71.7 Å². The molecule has 0 bridgehead atoms. The molecule has 2 aliphatic rings. The van der Waals surface area contributed by atoms with Crippen molar-refractivity contribution in [1.29, 1.82) is 0 Å². The molecule has 0 saturated carbocycles. The quantitative estimate of drug-likeness (QED) is 0.245. The van der Waals surface area contributed by atoms with E-state index >= 15 is 0 Å². The van der Waals surface area contributed by atoms with E-state index in [4.69, 9.17) is 9.47 Å². The predicted octanol–water partition coefficient (Wildman–Crippen LogP) is 4.68. The first kappa shape index (κ1) is 22.4. The van der Waals surface area contributed by atoms with Crippen molar-refractivity contribution in [2.24, 2.45) is 7.05 Å². The lowest BCUT2D eigenvalue weighted by Crippen LogP contribution is -2.31. The first-order chi connectivity index (χ1) is 17.5. The lowest BCUT2D eigenvalue weighted by atomic mass is 9.99. The Kier molecular flexibility index (Phi) is 5.53.